The molecule has 30 heavy (non-hydrogen) atoms. The molecule has 0 aromatic heterocycles. The number of rotatable bonds is 6. The number of benzene rings is 2. The second-order valence-corrected chi connectivity index (χ2v) is 8.81. The molecule has 0 radical (unpaired) electrons. The number of hydrogen-bond acceptors (Lipinski definition) is 3. The van der Waals surface area contributed by atoms with Gasteiger partial charge in [-0.1, -0.05) is 48.7 Å². The molecule has 0 bridgehead atoms. The molecule has 2 aliphatic rings. The van der Waals surface area contributed by atoms with Gasteiger partial charge in [0.25, 0.3) is 0 Å². The molecule has 1 saturated heterocycles. The van der Waals surface area contributed by atoms with Gasteiger partial charge in [-0.2, -0.15) is 0 Å². The molecule has 3 atom stereocenters. The average Bonchev–Trinajstić information content (AvgIpc) is 2.76. The number of halogens is 1. The first-order valence-corrected chi connectivity index (χ1v) is 11.1. The molecule has 158 valence electrons. The van der Waals surface area contributed by atoms with E-state index < -0.39 is 0 Å². The molecule has 2 amide bonds. The van der Waals surface area contributed by atoms with Crippen LogP contribution in [0.3, 0.4) is 0 Å². The van der Waals surface area contributed by atoms with Crippen molar-refractivity contribution in [3.8, 4) is 0 Å². The highest BCUT2D eigenvalue weighted by molar-refractivity contribution is 6.30. The molecule has 2 fully saturated rings. The number of anilines is 1. The Balaban J connectivity index is 1.33. The average molecular weight is 426 g/mol. The quantitative estimate of drug-likeness (QED) is 0.647. The van der Waals surface area contributed by atoms with E-state index in [0.717, 1.165) is 42.5 Å². The van der Waals surface area contributed by atoms with Crippen molar-refractivity contribution in [3.63, 3.8) is 0 Å². The van der Waals surface area contributed by atoms with Gasteiger partial charge < -0.3 is 5.32 Å². The van der Waals surface area contributed by atoms with Gasteiger partial charge in [-0.15, -0.1) is 0 Å². The van der Waals surface area contributed by atoms with Crippen molar-refractivity contribution in [2.24, 2.45) is 11.8 Å². The van der Waals surface area contributed by atoms with E-state index in [1.54, 1.807) is 0 Å². The van der Waals surface area contributed by atoms with E-state index in [2.05, 4.69) is 22.2 Å². The van der Waals surface area contributed by atoms with Crippen molar-refractivity contribution in [2.45, 2.75) is 51.0 Å². The van der Waals surface area contributed by atoms with E-state index in [9.17, 15) is 9.59 Å². The van der Waals surface area contributed by atoms with Gasteiger partial charge in [0, 0.05) is 29.1 Å². The van der Waals surface area contributed by atoms with Crippen LogP contribution >= 0.6 is 11.6 Å². The Morgan fingerprint density at radius 3 is 2.70 bits per heavy atom. The summed E-state index contributed by atoms with van der Waals surface area (Å²) in [6, 6.07) is 15.8. The third-order valence-electron chi connectivity index (χ3n) is 6.27. The first-order valence-electron chi connectivity index (χ1n) is 10.8. The molecule has 5 nitrogen and oxygen atoms in total. The van der Waals surface area contributed by atoms with Crippen molar-refractivity contribution in [2.75, 3.05) is 5.32 Å². The zero-order valence-electron chi connectivity index (χ0n) is 17.0. The van der Waals surface area contributed by atoms with E-state index in [1.807, 2.05) is 42.5 Å². The lowest BCUT2D eigenvalue weighted by Gasteiger charge is -2.41. The molecule has 1 aliphatic carbocycles. The number of hydrogen-bond donors (Lipinski definition) is 3. The Labute approximate surface area is 182 Å². The molecule has 1 aliphatic heterocycles. The summed E-state index contributed by atoms with van der Waals surface area (Å²) in [6.07, 6.45) is 6.34. The first kappa shape index (κ1) is 20.9. The predicted octanol–water partition coefficient (Wildman–Crippen LogP) is 4.26. The monoisotopic (exact) mass is 425 g/mol. The van der Waals surface area contributed by atoms with Gasteiger partial charge in [0.2, 0.25) is 11.8 Å². The summed E-state index contributed by atoms with van der Waals surface area (Å²) in [5.74, 6) is 0.640. The Kier molecular flexibility index (Phi) is 6.70. The summed E-state index contributed by atoms with van der Waals surface area (Å²) in [5.41, 5.74) is 9.15. The minimum absolute atomic E-state index is 0.00232. The molecule has 2 aromatic carbocycles. The molecule has 4 rings (SSSR count). The standard InChI is InChI=1S/C24H28ClN3O2/c25-18-11-8-16(9-12-18)10-13-23(29)26-19-5-3-4-17(14-19)15-22-20-6-1-2-7-21(20)24(30)28-27-22/h3-5,8-9,11-12,14,20-22,27H,1-2,6-7,10,13,15H2,(H,26,29)(H,28,30). The number of hydrazine groups is 1. The summed E-state index contributed by atoms with van der Waals surface area (Å²) in [7, 11) is 0. The van der Waals surface area contributed by atoms with E-state index in [-0.39, 0.29) is 23.8 Å². The van der Waals surface area contributed by atoms with Crippen LogP contribution < -0.4 is 16.2 Å². The lowest BCUT2D eigenvalue weighted by molar-refractivity contribution is -0.133. The van der Waals surface area contributed by atoms with Crippen LogP contribution in [0.25, 0.3) is 0 Å². The van der Waals surface area contributed by atoms with Crippen LogP contribution in [-0.4, -0.2) is 17.9 Å². The molecule has 1 saturated carbocycles. The van der Waals surface area contributed by atoms with Crippen LogP contribution in [0.15, 0.2) is 48.5 Å². The molecule has 3 unspecified atom stereocenters. The fourth-order valence-electron chi connectivity index (χ4n) is 4.70. The van der Waals surface area contributed by atoms with E-state index in [1.165, 1.54) is 6.42 Å². The van der Waals surface area contributed by atoms with Crippen molar-refractivity contribution >= 4 is 29.1 Å². The summed E-state index contributed by atoms with van der Waals surface area (Å²) < 4.78 is 0. The van der Waals surface area contributed by atoms with E-state index in [4.69, 9.17) is 11.6 Å². The lowest BCUT2D eigenvalue weighted by Crippen LogP contribution is -2.60. The Morgan fingerprint density at radius 2 is 1.87 bits per heavy atom. The van der Waals surface area contributed by atoms with Crippen LogP contribution in [0.1, 0.15) is 43.2 Å². The van der Waals surface area contributed by atoms with E-state index >= 15 is 0 Å². The van der Waals surface area contributed by atoms with Crippen LogP contribution in [0.4, 0.5) is 5.69 Å². The third-order valence-corrected chi connectivity index (χ3v) is 6.53. The molecule has 6 heteroatoms. The topological polar surface area (TPSA) is 70.2 Å². The lowest BCUT2D eigenvalue weighted by atomic mass is 9.72. The number of carbonyl (C=O) groups excluding carboxylic acids is 2. The molecule has 3 N–H and O–H groups in total. The predicted molar refractivity (Wildman–Crippen MR) is 119 cm³/mol. The maximum atomic E-state index is 12.4. The zero-order chi connectivity index (χ0) is 20.9. The third kappa shape index (κ3) is 5.21. The van der Waals surface area contributed by atoms with Gasteiger partial charge in [0.05, 0.1) is 0 Å². The zero-order valence-corrected chi connectivity index (χ0v) is 17.8. The largest absolute Gasteiger partial charge is 0.326 e. The molecular formula is C24H28ClN3O2. The first-order chi connectivity index (χ1) is 14.6. The Hall–Kier alpha value is -2.37. The Bertz CT molecular complexity index is 900. The van der Waals surface area contributed by atoms with Crippen LogP contribution in [0, 0.1) is 11.8 Å². The van der Waals surface area contributed by atoms with Gasteiger partial charge in [0.1, 0.15) is 0 Å². The van der Waals surface area contributed by atoms with Crippen molar-refractivity contribution in [3.05, 3.63) is 64.7 Å². The van der Waals surface area contributed by atoms with Gasteiger partial charge in [0.15, 0.2) is 0 Å². The smallest absolute Gasteiger partial charge is 0.237 e. The molecule has 2 aromatic rings. The van der Waals surface area contributed by atoms with Crippen LogP contribution in [0.5, 0.6) is 0 Å². The van der Waals surface area contributed by atoms with Gasteiger partial charge in [-0.25, -0.2) is 5.43 Å². The second-order valence-electron chi connectivity index (χ2n) is 8.37. The highest BCUT2D eigenvalue weighted by atomic mass is 35.5. The van der Waals surface area contributed by atoms with Gasteiger partial charge >= 0.3 is 0 Å². The van der Waals surface area contributed by atoms with Crippen molar-refractivity contribution in [1.29, 1.82) is 0 Å². The maximum Gasteiger partial charge on any atom is 0.237 e. The summed E-state index contributed by atoms with van der Waals surface area (Å²) in [5, 5.41) is 3.71. The molecule has 0 spiro atoms. The van der Waals surface area contributed by atoms with Gasteiger partial charge in [-0.05, 0) is 67.0 Å². The summed E-state index contributed by atoms with van der Waals surface area (Å²) in [4.78, 5) is 24.5. The number of aryl methyl sites for hydroxylation is 1. The number of carbonyl (C=O) groups is 2. The Morgan fingerprint density at radius 1 is 1.07 bits per heavy atom. The van der Waals surface area contributed by atoms with Crippen molar-refractivity contribution in [1.82, 2.24) is 10.9 Å². The van der Waals surface area contributed by atoms with Crippen LogP contribution in [-0.2, 0) is 22.4 Å². The minimum atomic E-state index is -0.00232. The van der Waals surface area contributed by atoms with Crippen molar-refractivity contribution < 1.29 is 9.59 Å². The van der Waals surface area contributed by atoms with E-state index in [0.29, 0.717) is 23.8 Å². The number of amides is 2. The number of nitrogens with one attached hydrogen (secondary N) is 3. The number of fused-ring (bicyclic) bond motifs is 1. The van der Waals surface area contributed by atoms with Crippen LogP contribution in [0.2, 0.25) is 5.02 Å². The molecule has 1 heterocycles. The second kappa shape index (κ2) is 9.63. The van der Waals surface area contributed by atoms with Gasteiger partial charge in [-0.3, -0.25) is 15.0 Å². The highest BCUT2D eigenvalue weighted by Crippen LogP contribution is 2.35. The fraction of sp³-hybridized carbons (Fsp3) is 0.417. The SMILES string of the molecule is O=C(CCc1ccc(Cl)cc1)Nc1cccc(CC2NNC(=O)C3CCCCC23)c1. The highest BCUT2D eigenvalue weighted by Gasteiger charge is 2.39. The summed E-state index contributed by atoms with van der Waals surface area (Å²) >= 11 is 5.91. The fourth-order valence-corrected chi connectivity index (χ4v) is 4.82. The normalized spacial score (nSPS) is 23.4. The minimum Gasteiger partial charge on any atom is -0.326 e. The molecular weight excluding hydrogens is 398 g/mol. The summed E-state index contributed by atoms with van der Waals surface area (Å²) in [6.45, 7) is 0. The maximum absolute atomic E-state index is 12.4.